The summed E-state index contributed by atoms with van der Waals surface area (Å²) < 4.78 is 1.96. The van der Waals surface area contributed by atoms with Crippen molar-refractivity contribution in [3.63, 3.8) is 0 Å². The van der Waals surface area contributed by atoms with Crippen molar-refractivity contribution in [2.75, 3.05) is 19.6 Å². The van der Waals surface area contributed by atoms with Crippen LogP contribution in [0.1, 0.15) is 49.0 Å². The summed E-state index contributed by atoms with van der Waals surface area (Å²) in [6.45, 7) is 4.62. The zero-order chi connectivity index (χ0) is 21.4. The first-order valence-electron chi connectivity index (χ1n) is 11.3. The molecule has 2 fully saturated rings. The van der Waals surface area contributed by atoms with Crippen LogP contribution in [-0.2, 0) is 0 Å². The Morgan fingerprint density at radius 2 is 1.81 bits per heavy atom. The first-order chi connectivity index (χ1) is 15.1. The van der Waals surface area contributed by atoms with Gasteiger partial charge in [-0.1, -0.05) is 12.1 Å². The Bertz CT molecular complexity index is 1110. The molecule has 1 N–H and O–H groups in total. The number of imidazole rings is 1. The first kappa shape index (κ1) is 20.0. The number of amides is 1. The van der Waals surface area contributed by atoms with E-state index in [0.29, 0.717) is 17.6 Å². The van der Waals surface area contributed by atoms with E-state index < -0.39 is 0 Å². The molecule has 1 unspecified atom stereocenters. The van der Waals surface area contributed by atoms with Gasteiger partial charge in [0, 0.05) is 50.2 Å². The van der Waals surface area contributed by atoms with Crippen LogP contribution in [0.4, 0.5) is 0 Å². The molecular weight excluding hydrogens is 390 g/mol. The quantitative estimate of drug-likeness (QED) is 0.708. The number of aromatic amines is 1. The predicted octanol–water partition coefficient (Wildman–Crippen LogP) is 3.05. The third-order valence-corrected chi connectivity index (χ3v) is 7.00. The molecule has 1 atom stereocenters. The molecule has 0 spiro atoms. The third-order valence-electron chi connectivity index (χ3n) is 7.00. The van der Waals surface area contributed by atoms with Crippen molar-refractivity contribution in [1.82, 2.24) is 24.3 Å². The van der Waals surface area contributed by atoms with Crippen LogP contribution in [0.3, 0.4) is 0 Å². The molecule has 1 aliphatic carbocycles. The van der Waals surface area contributed by atoms with Crippen LogP contribution in [0.15, 0.2) is 53.6 Å². The molecule has 1 aliphatic heterocycles. The number of hydrogen-bond donors (Lipinski definition) is 1. The van der Waals surface area contributed by atoms with E-state index in [4.69, 9.17) is 0 Å². The maximum absolute atomic E-state index is 12.8. The Labute approximate surface area is 181 Å². The molecule has 0 radical (unpaired) electrons. The lowest BCUT2D eigenvalue weighted by molar-refractivity contribution is 0.0259. The van der Waals surface area contributed by atoms with E-state index >= 15 is 0 Å². The fourth-order valence-electron chi connectivity index (χ4n) is 5.46. The van der Waals surface area contributed by atoms with Crippen molar-refractivity contribution in [3.05, 3.63) is 64.8 Å². The normalized spacial score (nSPS) is 25.1. The number of aromatic nitrogens is 3. The number of piperazine rings is 1. The molecule has 5 rings (SSSR count). The molecule has 0 bridgehead atoms. The highest BCUT2D eigenvalue weighted by Crippen LogP contribution is 2.33. The zero-order valence-electron chi connectivity index (χ0n) is 17.9. The number of H-pyrrole nitrogens is 1. The van der Waals surface area contributed by atoms with E-state index in [9.17, 15) is 9.59 Å². The second-order valence-electron chi connectivity index (χ2n) is 8.86. The molecule has 31 heavy (non-hydrogen) atoms. The summed E-state index contributed by atoms with van der Waals surface area (Å²) >= 11 is 0. The number of hydrogen-bond acceptors (Lipinski definition) is 4. The lowest BCUT2D eigenvalue weighted by Gasteiger charge is -2.46. The maximum atomic E-state index is 12.8. The van der Waals surface area contributed by atoms with Gasteiger partial charge in [0.15, 0.2) is 0 Å². The molecule has 1 saturated heterocycles. The molecule has 2 aromatic heterocycles. The summed E-state index contributed by atoms with van der Waals surface area (Å²) in [6.07, 6.45) is 7.52. The molecule has 3 heterocycles. The molecule has 7 nitrogen and oxygen atoms in total. The Hall–Kier alpha value is -2.93. The summed E-state index contributed by atoms with van der Waals surface area (Å²) in [5, 5.41) is 0. The molecule has 3 aromatic rings. The number of carbonyl (C=O) groups is 1. The Balaban J connectivity index is 1.22. The van der Waals surface area contributed by atoms with E-state index in [1.165, 1.54) is 0 Å². The highest BCUT2D eigenvalue weighted by atomic mass is 16.2. The van der Waals surface area contributed by atoms with E-state index in [1.807, 2.05) is 45.9 Å². The highest BCUT2D eigenvalue weighted by molar-refractivity contribution is 5.94. The number of benzene rings is 1. The number of nitrogens with one attached hydrogen (secondary N) is 1. The van der Waals surface area contributed by atoms with Gasteiger partial charge in [-0.2, -0.15) is 0 Å². The molecule has 162 valence electrons. The van der Waals surface area contributed by atoms with E-state index in [0.717, 1.165) is 56.4 Å². The Kier molecular flexibility index (Phi) is 5.36. The average Bonchev–Trinajstić information content (AvgIpc) is 3.15. The van der Waals surface area contributed by atoms with Crippen LogP contribution < -0.4 is 5.69 Å². The number of pyridine rings is 1. The SMILES string of the molecule is CC1CN(C(=O)c2cccnc2)CCN1C1CCC(n2c(=O)[nH]c3ccccc32)CC1. The highest BCUT2D eigenvalue weighted by Gasteiger charge is 2.34. The minimum atomic E-state index is 0.000506. The van der Waals surface area contributed by atoms with Crippen LogP contribution in [0.2, 0.25) is 0 Å². The third kappa shape index (κ3) is 3.78. The first-order valence-corrected chi connectivity index (χ1v) is 11.3. The van der Waals surface area contributed by atoms with Crippen molar-refractivity contribution in [2.45, 2.75) is 50.7 Å². The molecule has 1 amide bonds. The number of fused-ring (bicyclic) bond motifs is 1. The lowest BCUT2D eigenvalue weighted by atomic mass is 9.88. The van der Waals surface area contributed by atoms with Gasteiger partial charge < -0.3 is 9.88 Å². The van der Waals surface area contributed by atoms with E-state index in [-0.39, 0.29) is 17.6 Å². The van der Waals surface area contributed by atoms with Gasteiger partial charge in [-0.15, -0.1) is 0 Å². The largest absolute Gasteiger partial charge is 0.336 e. The smallest absolute Gasteiger partial charge is 0.326 e. The van der Waals surface area contributed by atoms with Crippen LogP contribution in [0, 0.1) is 0 Å². The second kappa shape index (κ2) is 8.30. The fraction of sp³-hybridized carbons (Fsp3) is 0.458. The molecule has 2 aliphatic rings. The van der Waals surface area contributed by atoms with Gasteiger partial charge in [-0.05, 0) is 56.9 Å². The molecule has 1 saturated carbocycles. The van der Waals surface area contributed by atoms with Gasteiger partial charge in [0.1, 0.15) is 0 Å². The van der Waals surface area contributed by atoms with Gasteiger partial charge in [0.25, 0.3) is 5.91 Å². The summed E-state index contributed by atoms with van der Waals surface area (Å²) in [5.74, 6) is 0.0713. The molecule has 1 aromatic carbocycles. The van der Waals surface area contributed by atoms with Gasteiger partial charge in [-0.25, -0.2) is 4.79 Å². The Morgan fingerprint density at radius 1 is 1.03 bits per heavy atom. The number of para-hydroxylation sites is 2. The van der Waals surface area contributed by atoms with Crippen molar-refractivity contribution >= 4 is 16.9 Å². The zero-order valence-corrected chi connectivity index (χ0v) is 17.9. The standard InChI is InChI=1S/C24H29N5O2/c1-17-16-27(23(30)18-5-4-12-25-15-18)13-14-28(17)19-8-10-20(11-9-19)29-22-7-3-2-6-21(22)26-24(29)31/h2-7,12,15,17,19-20H,8-11,13-14,16H2,1H3,(H,26,31). The minimum absolute atomic E-state index is 0.000506. The number of carbonyl (C=O) groups excluding carboxylic acids is 1. The lowest BCUT2D eigenvalue weighted by Crippen LogP contribution is -2.57. The van der Waals surface area contributed by atoms with Gasteiger partial charge in [-0.3, -0.25) is 19.2 Å². The average molecular weight is 420 g/mol. The van der Waals surface area contributed by atoms with Crippen LogP contribution in [-0.4, -0.2) is 62.0 Å². The molecular formula is C24H29N5O2. The van der Waals surface area contributed by atoms with Crippen LogP contribution >= 0.6 is 0 Å². The fourth-order valence-corrected chi connectivity index (χ4v) is 5.46. The van der Waals surface area contributed by atoms with Crippen molar-refractivity contribution in [2.24, 2.45) is 0 Å². The monoisotopic (exact) mass is 419 g/mol. The summed E-state index contributed by atoms with van der Waals surface area (Å²) in [5.41, 5.74) is 2.58. The van der Waals surface area contributed by atoms with Crippen LogP contribution in [0.25, 0.3) is 11.0 Å². The van der Waals surface area contributed by atoms with Gasteiger partial charge in [0.05, 0.1) is 16.6 Å². The topological polar surface area (TPSA) is 74.2 Å². The van der Waals surface area contributed by atoms with E-state index in [2.05, 4.69) is 21.8 Å². The summed E-state index contributed by atoms with van der Waals surface area (Å²) in [4.78, 5) is 36.9. The van der Waals surface area contributed by atoms with Crippen LogP contribution in [0.5, 0.6) is 0 Å². The van der Waals surface area contributed by atoms with E-state index in [1.54, 1.807) is 12.4 Å². The van der Waals surface area contributed by atoms with Crippen molar-refractivity contribution in [3.8, 4) is 0 Å². The molecule has 7 heteroatoms. The number of rotatable bonds is 3. The number of nitrogens with zero attached hydrogens (tertiary/aromatic N) is 4. The minimum Gasteiger partial charge on any atom is -0.336 e. The van der Waals surface area contributed by atoms with Gasteiger partial charge >= 0.3 is 5.69 Å². The maximum Gasteiger partial charge on any atom is 0.326 e. The predicted molar refractivity (Wildman–Crippen MR) is 120 cm³/mol. The summed E-state index contributed by atoms with van der Waals surface area (Å²) in [6, 6.07) is 12.7. The second-order valence-corrected chi connectivity index (χ2v) is 8.86. The van der Waals surface area contributed by atoms with Crippen molar-refractivity contribution < 1.29 is 4.79 Å². The van der Waals surface area contributed by atoms with Gasteiger partial charge in [0.2, 0.25) is 0 Å². The Morgan fingerprint density at radius 3 is 2.55 bits per heavy atom. The summed E-state index contributed by atoms with van der Waals surface area (Å²) in [7, 11) is 0. The van der Waals surface area contributed by atoms with Crippen molar-refractivity contribution in [1.29, 1.82) is 0 Å².